The molecule has 0 radical (unpaired) electrons. The van der Waals surface area contributed by atoms with Gasteiger partial charge < -0.3 is 15.7 Å². The van der Waals surface area contributed by atoms with Gasteiger partial charge in [0.25, 0.3) is 0 Å². The normalized spacial score (nSPS) is 11.3. The highest BCUT2D eigenvalue weighted by atomic mass is 19.1. The van der Waals surface area contributed by atoms with Gasteiger partial charge in [0.1, 0.15) is 11.9 Å². The average molecular weight is 293 g/mol. The van der Waals surface area contributed by atoms with Gasteiger partial charge in [-0.05, 0) is 24.6 Å². The van der Waals surface area contributed by atoms with Crippen molar-refractivity contribution in [3.63, 3.8) is 0 Å². The number of benzene rings is 1. The Morgan fingerprint density at radius 2 is 2.19 bits per heavy atom. The van der Waals surface area contributed by atoms with Crippen LogP contribution in [0.3, 0.4) is 0 Å². The topological polar surface area (TPSA) is 102 Å². The Labute approximate surface area is 121 Å². The van der Waals surface area contributed by atoms with E-state index < -0.39 is 23.9 Å². The van der Waals surface area contributed by atoms with Crippen LogP contribution >= 0.6 is 0 Å². The first-order valence-corrected chi connectivity index (χ1v) is 6.45. The summed E-state index contributed by atoms with van der Waals surface area (Å²) in [4.78, 5) is 22.5. The summed E-state index contributed by atoms with van der Waals surface area (Å²) in [5.41, 5.74) is 0.0828. The molecule has 21 heavy (non-hydrogen) atoms. The molecule has 0 aromatic heterocycles. The Bertz CT molecular complexity index is 569. The van der Waals surface area contributed by atoms with E-state index in [0.717, 1.165) is 12.5 Å². The zero-order chi connectivity index (χ0) is 15.8. The van der Waals surface area contributed by atoms with E-state index in [1.165, 1.54) is 12.1 Å². The second kappa shape index (κ2) is 7.85. The van der Waals surface area contributed by atoms with E-state index in [9.17, 15) is 14.0 Å². The number of nitriles is 1. The number of carboxylic acid groups (broad SMARTS) is 1. The molecule has 3 N–H and O–H groups in total. The number of rotatable bonds is 6. The number of nitrogens with zero attached hydrogens (tertiary/aromatic N) is 1. The first-order chi connectivity index (χ1) is 9.96. The molecular weight excluding hydrogens is 277 g/mol. The van der Waals surface area contributed by atoms with Crippen molar-refractivity contribution in [2.45, 2.75) is 32.2 Å². The van der Waals surface area contributed by atoms with Crippen LogP contribution in [0.2, 0.25) is 0 Å². The first kappa shape index (κ1) is 16.4. The summed E-state index contributed by atoms with van der Waals surface area (Å²) >= 11 is 0. The molecule has 7 heteroatoms. The molecule has 1 aromatic carbocycles. The molecule has 112 valence electrons. The van der Waals surface area contributed by atoms with Crippen molar-refractivity contribution in [2.24, 2.45) is 0 Å². The summed E-state index contributed by atoms with van der Waals surface area (Å²) in [6, 6.07) is 4.21. The van der Waals surface area contributed by atoms with Gasteiger partial charge >= 0.3 is 12.0 Å². The largest absolute Gasteiger partial charge is 0.481 e. The molecule has 1 atom stereocenters. The number of anilines is 1. The number of hydrogen-bond acceptors (Lipinski definition) is 3. The van der Waals surface area contributed by atoms with Crippen molar-refractivity contribution in [3.8, 4) is 6.07 Å². The smallest absolute Gasteiger partial charge is 0.319 e. The number of carboxylic acids is 1. The third-order valence-electron chi connectivity index (χ3n) is 2.74. The maximum absolute atomic E-state index is 13.1. The van der Waals surface area contributed by atoms with Crippen LogP contribution in [0.4, 0.5) is 14.9 Å². The standard InChI is InChI=1S/C14H16FN3O3/c1-2-3-10(7-13(19)20)17-14(21)18-11-4-5-12(15)9(6-11)8-16/h4-6,10H,2-3,7H2,1H3,(H,19,20)(H2,17,18,21). The first-order valence-electron chi connectivity index (χ1n) is 6.45. The Hall–Kier alpha value is -2.62. The van der Waals surface area contributed by atoms with E-state index in [4.69, 9.17) is 10.4 Å². The molecule has 1 unspecified atom stereocenters. The van der Waals surface area contributed by atoms with E-state index in [1.807, 2.05) is 6.92 Å². The summed E-state index contributed by atoms with van der Waals surface area (Å²) < 4.78 is 13.1. The lowest BCUT2D eigenvalue weighted by atomic mass is 10.1. The maximum Gasteiger partial charge on any atom is 0.319 e. The lowest BCUT2D eigenvalue weighted by Gasteiger charge is -2.16. The third kappa shape index (κ3) is 5.48. The second-order valence-corrected chi connectivity index (χ2v) is 4.49. The van der Waals surface area contributed by atoms with Crippen molar-refractivity contribution in [3.05, 3.63) is 29.6 Å². The van der Waals surface area contributed by atoms with Crippen LogP contribution in [0.15, 0.2) is 18.2 Å². The number of nitrogens with one attached hydrogen (secondary N) is 2. The Morgan fingerprint density at radius 1 is 1.48 bits per heavy atom. The van der Waals surface area contributed by atoms with Crippen molar-refractivity contribution in [1.82, 2.24) is 5.32 Å². The number of halogens is 1. The third-order valence-corrected chi connectivity index (χ3v) is 2.74. The molecular formula is C14H16FN3O3. The minimum Gasteiger partial charge on any atom is -0.481 e. The predicted molar refractivity (Wildman–Crippen MR) is 74.2 cm³/mol. The van der Waals surface area contributed by atoms with Crippen LogP contribution in [0.1, 0.15) is 31.7 Å². The highest BCUT2D eigenvalue weighted by molar-refractivity contribution is 5.89. The van der Waals surface area contributed by atoms with E-state index >= 15 is 0 Å². The highest BCUT2D eigenvalue weighted by Gasteiger charge is 2.15. The molecule has 0 saturated carbocycles. The molecule has 1 rings (SSSR count). The van der Waals surface area contributed by atoms with Gasteiger partial charge in [0, 0.05) is 11.7 Å². The number of hydrogen-bond donors (Lipinski definition) is 3. The van der Waals surface area contributed by atoms with Crippen molar-refractivity contribution >= 4 is 17.7 Å². The lowest BCUT2D eigenvalue weighted by Crippen LogP contribution is -2.39. The zero-order valence-electron chi connectivity index (χ0n) is 11.5. The Balaban J connectivity index is 2.67. The Kier molecular flexibility index (Phi) is 6.14. The number of aliphatic carboxylic acids is 1. The number of urea groups is 1. The summed E-state index contributed by atoms with van der Waals surface area (Å²) in [7, 11) is 0. The SMILES string of the molecule is CCCC(CC(=O)O)NC(=O)Nc1ccc(F)c(C#N)c1. The molecule has 0 bridgehead atoms. The molecule has 0 fully saturated rings. The summed E-state index contributed by atoms with van der Waals surface area (Å²) in [5.74, 6) is -1.67. The fraction of sp³-hybridized carbons (Fsp3) is 0.357. The minimum absolute atomic E-state index is 0.172. The van der Waals surface area contributed by atoms with Crippen molar-refractivity contribution < 1.29 is 19.1 Å². The van der Waals surface area contributed by atoms with Gasteiger partial charge in [-0.1, -0.05) is 13.3 Å². The van der Waals surface area contributed by atoms with Gasteiger partial charge in [0.05, 0.1) is 12.0 Å². The zero-order valence-corrected chi connectivity index (χ0v) is 11.5. The van der Waals surface area contributed by atoms with Crippen molar-refractivity contribution in [2.75, 3.05) is 5.32 Å². The van der Waals surface area contributed by atoms with Gasteiger partial charge in [0.2, 0.25) is 0 Å². The van der Waals surface area contributed by atoms with E-state index in [0.29, 0.717) is 6.42 Å². The average Bonchev–Trinajstić information content (AvgIpc) is 2.40. The van der Waals surface area contributed by atoms with Crippen LogP contribution in [0.25, 0.3) is 0 Å². The van der Waals surface area contributed by atoms with Gasteiger partial charge in [0.15, 0.2) is 0 Å². The fourth-order valence-electron chi connectivity index (χ4n) is 1.83. The fourth-order valence-corrected chi connectivity index (χ4v) is 1.83. The lowest BCUT2D eigenvalue weighted by molar-refractivity contribution is -0.137. The van der Waals surface area contributed by atoms with Crippen LogP contribution in [-0.4, -0.2) is 23.1 Å². The molecule has 6 nitrogen and oxygen atoms in total. The van der Waals surface area contributed by atoms with Crippen LogP contribution in [-0.2, 0) is 4.79 Å². The molecule has 0 heterocycles. The quantitative estimate of drug-likeness (QED) is 0.749. The van der Waals surface area contributed by atoms with E-state index in [1.54, 1.807) is 6.07 Å². The molecule has 0 aliphatic rings. The second-order valence-electron chi connectivity index (χ2n) is 4.49. The maximum atomic E-state index is 13.1. The number of carbonyl (C=O) groups excluding carboxylic acids is 1. The summed E-state index contributed by atoms with van der Waals surface area (Å²) in [5, 5.41) is 22.5. The predicted octanol–water partition coefficient (Wildman–Crippen LogP) is 2.46. The highest BCUT2D eigenvalue weighted by Crippen LogP contribution is 2.14. The molecule has 0 aliphatic heterocycles. The number of carbonyl (C=O) groups is 2. The van der Waals surface area contributed by atoms with Gasteiger partial charge in [-0.3, -0.25) is 4.79 Å². The Morgan fingerprint density at radius 3 is 2.76 bits per heavy atom. The molecule has 2 amide bonds. The number of amides is 2. The van der Waals surface area contributed by atoms with Gasteiger partial charge in [-0.15, -0.1) is 0 Å². The van der Waals surface area contributed by atoms with Crippen molar-refractivity contribution in [1.29, 1.82) is 5.26 Å². The summed E-state index contributed by atoms with van der Waals surface area (Å²) in [6.45, 7) is 1.88. The van der Waals surface area contributed by atoms with E-state index in [-0.39, 0.29) is 17.7 Å². The van der Waals surface area contributed by atoms with Crippen LogP contribution < -0.4 is 10.6 Å². The van der Waals surface area contributed by atoms with Crippen LogP contribution in [0.5, 0.6) is 0 Å². The van der Waals surface area contributed by atoms with E-state index in [2.05, 4.69) is 10.6 Å². The monoisotopic (exact) mass is 293 g/mol. The molecule has 1 aromatic rings. The minimum atomic E-state index is -0.998. The van der Waals surface area contributed by atoms with Gasteiger partial charge in [-0.2, -0.15) is 5.26 Å². The molecule has 0 saturated heterocycles. The molecule has 0 spiro atoms. The van der Waals surface area contributed by atoms with Crippen LogP contribution in [0, 0.1) is 17.1 Å². The summed E-state index contributed by atoms with van der Waals surface area (Å²) in [6.07, 6.45) is 1.09. The molecule has 0 aliphatic carbocycles. The van der Waals surface area contributed by atoms with Gasteiger partial charge in [-0.25, -0.2) is 9.18 Å².